The van der Waals surface area contributed by atoms with Crippen molar-refractivity contribution in [3.8, 4) is 0 Å². The summed E-state index contributed by atoms with van der Waals surface area (Å²) < 4.78 is 0.263. The first kappa shape index (κ1) is 21.2. The van der Waals surface area contributed by atoms with Gasteiger partial charge in [0, 0.05) is 51.6 Å². The number of carbonyl (C=O) groups excluding carboxylic acids is 1. The van der Waals surface area contributed by atoms with Gasteiger partial charge in [-0.25, -0.2) is 4.99 Å². The number of anilines is 1. The third-order valence-corrected chi connectivity index (χ3v) is 9.92. The zero-order chi connectivity index (χ0) is 27.5. The summed E-state index contributed by atoms with van der Waals surface area (Å²) in [4.78, 5) is 35.7. The van der Waals surface area contributed by atoms with Gasteiger partial charge in [-0.15, -0.1) is 0 Å². The third-order valence-electron chi connectivity index (χ3n) is 9.92. The zero-order valence-electron chi connectivity index (χ0n) is 22.0. The summed E-state index contributed by atoms with van der Waals surface area (Å²) in [5, 5.41) is 15.4. The highest BCUT2D eigenvalue weighted by atomic mass is 16.1. The predicted octanol–water partition coefficient (Wildman–Crippen LogP) is 6.29. The fraction of sp³-hybridized carbons (Fsp3) is 0.0278. The highest BCUT2D eigenvalue weighted by Crippen LogP contribution is 2.59. The molecule has 0 radical (unpaired) electrons. The Balaban J connectivity index is 1.41. The first-order chi connectivity index (χ1) is 20.6. The van der Waals surface area contributed by atoms with E-state index in [0.717, 1.165) is 87.9 Å². The number of pyridine rings is 1. The van der Waals surface area contributed by atoms with Gasteiger partial charge in [0.2, 0.25) is 12.0 Å². The smallest absolute Gasteiger partial charge is 0.226 e. The van der Waals surface area contributed by atoms with Crippen molar-refractivity contribution in [1.29, 1.82) is 0 Å². The Bertz CT molecular complexity index is 2700. The molecule has 6 nitrogen and oxygen atoms in total. The molecule has 42 heavy (non-hydrogen) atoms. The van der Waals surface area contributed by atoms with Gasteiger partial charge >= 0.3 is 0 Å². The third kappa shape index (κ3) is 2.09. The Morgan fingerprint density at radius 1 is 0.738 bits per heavy atom. The average Bonchev–Trinajstić information content (AvgIpc) is 3.54. The van der Waals surface area contributed by atoms with Gasteiger partial charge in [-0.05, 0) is 62.7 Å². The SMILES string of the molecule is O=C1C=CC2=NC3c4cc(=O)c5c6ccc7c[nH]cc8ccc(c9ccc(c4c95)=C4Nc5ccccc5[N+]43C2=C1)c6c87. The van der Waals surface area contributed by atoms with E-state index in [4.69, 9.17) is 4.99 Å². The molecule has 194 valence electrons. The fourth-order valence-electron chi connectivity index (χ4n) is 8.42. The van der Waals surface area contributed by atoms with E-state index >= 15 is 0 Å². The van der Waals surface area contributed by atoms with Gasteiger partial charge in [-0.1, -0.05) is 42.5 Å². The molecule has 11 rings (SSSR count). The second-order valence-corrected chi connectivity index (χ2v) is 11.7. The van der Waals surface area contributed by atoms with Gasteiger partial charge in [0.15, 0.2) is 22.6 Å². The molecule has 0 fully saturated rings. The number of quaternary nitrogens is 1. The van der Waals surface area contributed by atoms with Crippen molar-refractivity contribution in [2.45, 2.75) is 6.17 Å². The number of ketones is 1. The number of hydrogen-bond donors (Lipinski definition) is 2. The van der Waals surface area contributed by atoms with E-state index in [1.165, 1.54) is 5.39 Å². The summed E-state index contributed by atoms with van der Waals surface area (Å²) in [6.07, 6.45) is 8.73. The molecular formula is C36H19N4O2+. The summed E-state index contributed by atoms with van der Waals surface area (Å²) in [6, 6.07) is 23.0. The van der Waals surface area contributed by atoms with E-state index in [1.54, 1.807) is 12.2 Å². The van der Waals surface area contributed by atoms with Crippen LogP contribution in [0.2, 0.25) is 0 Å². The minimum absolute atomic E-state index is 0.00172. The molecule has 2 atom stereocenters. The zero-order valence-corrected chi connectivity index (χ0v) is 22.0. The summed E-state index contributed by atoms with van der Waals surface area (Å²) >= 11 is 0. The molecule has 6 aromatic carbocycles. The number of nitrogens with one attached hydrogen (secondary N) is 2. The highest BCUT2D eigenvalue weighted by molar-refractivity contribution is 6.37. The van der Waals surface area contributed by atoms with Crippen molar-refractivity contribution in [1.82, 2.24) is 9.47 Å². The largest absolute Gasteiger partial charge is 0.366 e. The normalized spacial score (nSPS) is 21.7. The van der Waals surface area contributed by atoms with Crippen LogP contribution in [-0.4, -0.2) is 16.5 Å². The number of aromatic nitrogens is 1. The number of H-pyrrole nitrogens is 1. The highest BCUT2D eigenvalue weighted by Gasteiger charge is 2.61. The van der Waals surface area contributed by atoms with Crippen LogP contribution in [0.5, 0.6) is 0 Å². The van der Waals surface area contributed by atoms with Crippen LogP contribution >= 0.6 is 0 Å². The summed E-state index contributed by atoms with van der Waals surface area (Å²) in [7, 11) is 0. The number of rotatable bonds is 0. The van der Waals surface area contributed by atoms with E-state index in [-0.39, 0.29) is 15.7 Å². The van der Waals surface area contributed by atoms with Crippen LogP contribution in [0.4, 0.5) is 11.4 Å². The number of hydrogen-bond acceptors (Lipinski definition) is 4. The number of para-hydroxylation sites is 2. The van der Waals surface area contributed by atoms with Crippen molar-refractivity contribution in [2.24, 2.45) is 4.99 Å². The topological polar surface area (TPSA) is 74.3 Å². The standard InChI is InChI=1S/C36H18N4O2/c41-19-7-12-26-28(13-19)40-27-4-2-1-3-25(27)38-35(40)23-11-10-21-20-8-5-17-15-37-16-18-6-9-22(31(20)30(17)18)33-29(42)14-24(36(40)39-26)32(23)34(21)33/h1-16,36H,(H-,37,38,39,41,42)/p+1. The van der Waals surface area contributed by atoms with Crippen LogP contribution in [0.1, 0.15) is 11.7 Å². The van der Waals surface area contributed by atoms with E-state index in [0.29, 0.717) is 0 Å². The van der Waals surface area contributed by atoms with Crippen LogP contribution in [0, 0.1) is 0 Å². The van der Waals surface area contributed by atoms with Crippen molar-refractivity contribution in [3.63, 3.8) is 0 Å². The molecule has 1 aromatic heterocycles. The Hall–Kier alpha value is -5.59. The van der Waals surface area contributed by atoms with E-state index in [9.17, 15) is 9.59 Å². The van der Waals surface area contributed by atoms with Crippen molar-refractivity contribution in [2.75, 3.05) is 5.32 Å². The summed E-state index contributed by atoms with van der Waals surface area (Å²) in [6.45, 7) is 0. The van der Waals surface area contributed by atoms with Gasteiger partial charge in [0.1, 0.15) is 11.4 Å². The predicted molar refractivity (Wildman–Crippen MR) is 169 cm³/mol. The van der Waals surface area contributed by atoms with E-state index in [2.05, 4.69) is 58.8 Å². The van der Waals surface area contributed by atoms with Crippen LogP contribution in [0.25, 0.3) is 59.7 Å². The van der Waals surface area contributed by atoms with Gasteiger partial charge in [-0.3, -0.25) is 9.59 Å². The van der Waals surface area contributed by atoms with Crippen LogP contribution in [0.15, 0.2) is 113 Å². The Kier molecular flexibility index (Phi) is 3.36. The Morgan fingerprint density at radius 3 is 2.40 bits per heavy atom. The van der Waals surface area contributed by atoms with Gasteiger partial charge < -0.3 is 10.3 Å². The number of aliphatic imine (C=N–C) groups is 1. The molecule has 0 saturated heterocycles. The van der Waals surface area contributed by atoms with Gasteiger partial charge in [0.05, 0.1) is 5.22 Å². The van der Waals surface area contributed by atoms with E-state index < -0.39 is 6.17 Å². The maximum atomic E-state index is 14.4. The molecule has 0 saturated carbocycles. The fourth-order valence-corrected chi connectivity index (χ4v) is 8.42. The first-order valence-electron chi connectivity index (χ1n) is 14.1. The molecule has 4 heterocycles. The maximum Gasteiger partial charge on any atom is 0.226 e. The minimum atomic E-state index is -0.426. The number of carbonyl (C=O) groups is 1. The van der Waals surface area contributed by atoms with Crippen molar-refractivity contribution >= 4 is 82.6 Å². The minimum Gasteiger partial charge on any atom is -0.366 e. The Morgan fingerprint density at radius 2 is 1.52 bits per heavy atom. The molecular weight excluding hydrogens is 520 g/mol. The molecule has 0 bridgehead atoms. The quantitative estimate of drug-likeness (QED) is 0.103. The lowest BCUT2D eigenvalue weighted by Gasteiger charge is -2.38. The second kappa shape index (κ2) is 6.65. The van der Waals surface area contributed by atoms with Crippen LogP contribution in [0.3, 0.4) is 0 Å². The lowest BCUT2D eigenvalue weighted by atomic mass is 9.84. The van der Waals surface area contributed by atoms with Gasteiger partial charge in [-0.2, -0.15) is 4.48 Å². The van der Waals surface area contributed by atoms with Crippen LogP contribution < -0.4 is 20.4 Å². The monoisotopic (exact) mass is 539 g/mol. The van der Waals surface area contributed by atoms with Crippen molar-refractivity contribution in [3.05, 3.63) is 124 Å². The molecule has 6 heteroatoms. The maximum absolute atomic E-state index is 14.4. The molecule has 0 amide bonds. The second-order valence-electron chi connectivity index (χ2n) is 11.7. The Labute approximate surface area is 237 Å². The summed E-state index contributed by atoms with van der Waals surface area (Å²) in [5.41, 5.74) is 4.55. The number of aromatic amines is 1. The van der Waals surface area contributed by atoms with Gasteiger partial charge in [0.25, 0.3) is 0 Å². The van der Waals surface area contributed by atoms with E-state index in [1.807, 2.05) is 36.7 Å². The molecule has 2 N–H and O–H groups in total. The number of nitrogens with zero attached hydrogens (tertiary/aromatic N) is 2. The number of fused-ring (bicyclic) bond motifs is 5. The lowest BCUT2D eigenvalue weighted by Crippen LogP contribution is -2.51. The van der Waals surface area contributed by atoms with Crippen molar-refractivity contribution < 1.29 is 4.79 Å². The number of allylic oxidation sites excluding steroid dienone is 3. The molecule has 7 aromatic rings. The summed E-state index contributed by atoms with van der Waals surface area (Å²) in [5.74, 6) is 0.923. The first-order valence-corrected chi connectivity index (χ1v) is 14.1. The molecule has 1 aliphatic carbocycles. The average molecular weight is 540 g/mol. The molecule has 1 spiro atoms. The van der Waals surface area contributed by atoms with Crippen LogP contribution in [-0.2, 0) is 4.79 Å². The lowest BCUT2D eigenvalue weighted by molar-refractivity contribution is -0.110. The molecule has 3 aliphatic heterocycles. The molecule has 2 unspecified atom stereocenters. The number of benzene rings is 6. The molecule has 4 aliphatic rings.